The third-order valence-corrected chi connectivity index (χ3v) is 3.77. The molecule has 0 atom stereocenters. The molecule has 0 spiro atoms. The van der Waals surface area contributed by atoms with Crippen LogP contribution in [0.25, 0.3) is 0 Å². The van der Waals surface area contributed by atoms with Crippen molar-refractivity contribution in [1.82, 2.24) is 15.3 Å². The number of anilines is 2. The van der Waals surface area contributed by atoms with E-state index in [0.29, 0.717) is 6.07 Å². The second-order valence-electron chi connectivity index (χ2n) is 5.46. The van der Waals surface area contributed by atoms with Crippen LogP contribution >= 0.6 is 11.6 Å². The Morgan fingerprint density at radius 1 is 1.31 bits per heavy atom. The molecule has 8 nitrogen and oxygen atoms in total. The Morgan fingerprint density at radius 2 is 2.03 bits per heavy atom. The Labute approximate surface area is 169 Å². The molecule has 29 heavy (non-hydrogen) atoms. The largest absolute Gasteiger partial charge is 0.403 e. The Bertz CT molecular complexity index is 953. The third-order valence-electron chi connectivity index (χ3n) is 3.50. The highest BCUT2D eigenvalue weighted by Gasteiger charge is 2.15. The zero-order valence-electron chi connectivity index (χ0n) is 15.1. The van der Waals surface area contributed by atoms with Crippen molar-refractivity contribution in [2.75, 3.05) is 24.2 Å². The molecule has 1 aromatic heterocycles. The number of aromatic nitrogens is 2. The van der Waals surface area contributed by atoms with Gasteiger partial charge in [0.15, 0.2) is 17.5 Å². The molecule has 2 aromatic rings. The zero-order chi connectivity index (χ0) is 21.4. The van der Waals surface area contributed by atoms with Gasteiger partial charge in [0.2, 0.25) is 11.9 Å². The minimum atomic E-state index is -1.30. The van der Waals surface area contributed by atoms with Gasteiger partial charge in [-0.15, -0.1) is 0 Å². The van der Waals surface area contributed by atoms with Crippen molar-refractivity contribution in [3.8, 4) is 0 Å². The van der Waals surface area contributed by atoms with Crippen LogP contribution in [-0.4, -0.2) is 35.7 Å². The number of benzene rings is 1. The van der Waals surface area contributed by atoms with Crippen LogP contribution in [0.2, 0.25) is 5.02 Å². The lowest BCUT2D eigenvalue weighted by atomic mass is 10.2. The summed E-state index contributed by atoms with van der Waals surface area (Å²) in [5.74, 6) is -3.59. The molecule has 2 rings (SSSR count). The molecule has 12 heteroatoms. The SMILES string of the molecule is CNC(=O)CN=C/C(=C\N)Nc1ncc(Cl)c(NCc2c(F)ccc(F)c2F)n1. The quantitative estimate of drug-likeness (QED) is 0.379. The maximum atomic E-state index is 13.8. The molecule has 0 saturated heterocycles. The summed E-state index contributed by atoms with van der Waals surface area (Å²) < 4.78 is 40.8. The van der Waals surface area contributed by atoms with Gasteiger partial charge in [0.1, 0.15) is 17.4 Å². The average molecular weight is 428 g/mol. The molecular weight excluding hydrogens is 411 g/mol. The van der Waals surface area contributed by atoms with Crippen molar-refractivity contribution in [2.24, 2.45) is 10.7 Å². The second kappa shape index (κ2) is 10.3. The molecule has 0 unspecified atom stereocenters. The molecule has 0 saturated carbocycles. The molecule has 0 aliphatic carbocycles. The Morgan fingerprint density at radius 3 is 2.72 bits per heavy atom. The van der Waals surface area contributed by atoms with E-state index >= 15 is 0 Å². The number of carbonyl (C=O) groups excluding carboxylic acids is 1. The normalized spacial score (nSPS) is 11.6. The molecule has 154 valence electrons. The van der Waals surface area contributed by atoms with Crippen molar-refractivity contribution in [2.45, 2.75) is 6.54 Å². The summed E-state index contributed by atoms with van der Waals surface area (Å²) in [6.07, 6.45) is 3.72. The first-order valence-corrected chi connectivity index (χ1v) is 8.51. The van der Waals surface area contributed by atoms with E-state index in [4.69, 9.17) is 17.3 Å². The maximum Gasteiger partial charge on any atom is 0.241 e. The summed E-state index contributed by atoms with van der Waals surface area (Å²) in [4.78, 5) is 23.1. The number of hydrogen-bond acceptors (Lipinski definition) is 7. The van der Waals surface area contributed by atoms with Crippen molar-refractivity contribution in [3.63, 3.8) is 0 Å². The predicted octanol–water partition coefficient (Wildman–Crippen LogP) is 2.19. The van der Waals surface area contributed by atoms with Gasteiger partial charge in [-0.25, -0.2) is 18.2 Å². The van der Waals surface area contributed by atoms with Gasteiger partial charge in [-0.1, -0.05) is 11.6 Å². The molecule has 1 amide bonds. The van der Waals surface area contributed by atoms with Crippen LogP contribution in [0, 0.1) is 17.5 Å². The lowest BCUT2D eigenvalue weighted by Gasteiger charge is -2.11. The number of carbonyl (C=O) groups is 1. The molecule has 1 heterocycles. The van der Waals surface area contributed by atoms with Crippen LogP contribution in [0.15, 0.2) is 35.2 Å². The topological polar surface area (TPSA) is 117 Å². The predicted molar refractivity (Wildman–Crippen MR) is 104 cm³/mol. The number of amides is 1. The fourth-order valence-electron chi connectivity index (χ4n) is 2.01. The average Bonchev–Trinajstić information content (AvgIpc) is 2.71. The number of allylic oxidation sites excluding steroid dienone is 1. The van der Waals surface area contributed by atoms with Crippen molar-refractivity contribution in [3.05, 3.63) is 58.3 Å². The van der Waals surface area contributed by atoms with Gasteiger partial charge in [-0.2, -0.15) is 4.98 Å². The van der Waals surface area contributed by atoms with Crippen LogP contribution in [0.3, 0.4) is 0 Å². The van der Waals surface area contributed by atoms with E-state index in [-0.39, 0.29) is 34.9 Å². The Balaban J connectivity index is 2.11. The second-order valence-corrected chi connectivity index (χ2v) is 5.86. The summed E-state index contributed by atoms with van der Waals surface area (Å²) in [7, 11) is 1.48. The molecule has 0 bridgehead atoms. The molecule has 0 radical (unpaired) electrons. The van der Waals surface area contributed by atoms with E-state index in [0.717, 1.165) is 6.07 Å². The van der Waals surface area contributed by atoms with E-state index in [1.165, 1.54) is 25.7 Å². The van der Waals surface area contributed by atoms with E-state index in [9.17, 15) is 18.0 Å². The van der Waals surface area contributed by atoms with E-state index in [2.05, 4.69) is 30.9 Å². The third kappa shape index (κ3) is 6.07. The van der Waals surface area contributed by atoms with Gasteiger partial charge in [0.05, 0.1) is 11.9 Å². The van der Waals surface area contributed by atoms with Crippen LogP contribution in [-0.2, 0) is 11.3 Å². The fourth-order valence-corrected chi connectivity index (χ4v) is 2.16. The first-order valence-electron chi connectivity index (χ1n) is 8.13. The maximum absolute atomic E-state index is 13.8. The molecule has 5 N–H and O–H groups in total. The van der Waals surface area contributed by atoms with E-state index < -0.39 is 29.6 Å². The lowest BCUT2D eigenvalue weighted by molar-refractivity contribution is -0.119. The van der Waals surface area contributed by atoms with Gasteiger partial charge in [0.25, 0.3) is 0 Å². The number of likely N-dealkylation sites (N-methyl/N-ethyl adjacent to an activating group) is 1. The molecule has 0 aliphatic rings. The number of halogens is 4. The monoisotopic (exact) mass is 427 g/mol. The van der Waals surface area contributed by atoms with E-state index in [1.807, 2.05) is 0 Å². The van der Waals surface area contributed by atoms with Gasteiger partial charge in [-0.3, -0.25) is 9.79 Å². The first kappa shape index (κ1) is 22.0. The van der Waals surface area contributed by atoms with E-state index in [1.54, 1.807) is 0 Å². The smallest absolute Gasteiger partial charge is 0.241 e. The summed E-state index contributed by atoms with van der Waals surface area (Å²) in [6, 6.07) is 1.51. The van der Waals surface area contributed by atoms with Gasteiger partial charge < -0.3 is 21.7 Å². The summed E-state index contributed by atoms with van der Waals surface area (Å²) >= 11 is 5.99. The first-order chi connectivity index (χ1) is 13.8. The number of nitrogens with one attached hydrogen (secondary N) is 3. The summed E-state index contributed by atoms with van der Waals surface area (Å²) in [6.45, 7) is -0.507. The number of aliphatic imine (C=N–C) groups is 1. The van der Waals surface area contributed by atoms with Crippen molar-refractivity contribution < 1.29 is 18.0 Å². The minimum absolute atomic E-state index is 0.0418. The molecule has 1 aromatic carbocycles. The Hall–Kier alpha value is -3.34. The lowest BCUT2D eigenvalue weighted by Crippen LogP contribution is -2.20. The number of hydrogen-bond donors (Lipinski definition) is 4. The highest BCUT2D eigenvalue weighted by atomic mass is 35.5. The Kier molecular flexibility index (Phi) is 7.78. The van der Waals surface area contributed by atoms with Crippen LogP contribution in [0.5, 0.6) is 0 Å². The number of nitrogens with zero attached hydrogens (tertiary/aromatic N) is 3. The standard InChI is InChI=1S/C17H17ClF3N7O/c1-23-14(29)8-24-5-9(4-22)27-17-26-7-11(18)16(28-17)25-6-10-12(19)2-3-13(20)15(10)21/h2-5,7H,6,8,22H2,1H3,(H,23,29)(H2,25,26,27,28)/b9-4+,24-5?. The summed E-state index contributed by atoms with van der Waals surface area (Å²) in [5, 5.41) is 7.85. The number of rotatable bonds is 8. The zero-order valence-corrected chi connectivity index (χ0v) is 15.9. The highest BCUT2D eigenvalue weighted by Crippen LogP contribution is 2.22. The van der Waals surface area contributed by atoms with Gasteiger partial charge in [0, 0.05) is 31.6 Å². The molecule has 0 fully saturated rings. The fraction of sp³-hybridized carbons (Fsp3) is 0.176. The molecular formula is C17H17ClF3N7O. The number of nitrogens with two attached hydrogens (primary N) is 1. The van der Waals surface area contributed by atoms with Crippen LogP contribution < -0.4 is 21.7 Å². The minimum Gasteiger partial charge on any atom is -0.403 e. The van der Waals surface area contributed by atoms with Crippen LogP contribution in [0.1, 0.15) is 5.56 Å². The van der Waals surface area contributed by atoms with Crippen molar-refractivity contribution in [1.29, 1.82) is 0 Å². The van der Waals surface area contributed by atoms with Crippen molar-refractivity contribution >= 4 is 35.5 Å². The van der Waals surface area contributed by atoms with Crippen LogP contribution in [0.4, 0.5) is 24.9 Å². The van der Waals surface area contributed by atoms with Gasteiger partial charge in [-0.05, 0) is 12.1 Å². The molecule has 0 aliphatic heterocycles. The van der Waals surface area contributed by atoms with Gasteiger partial charge >= 0.3 is 0 Å². The summed E-state index contributed by atoms with van der Waals surface area (Å²) in [5.41, 5.74) is 5.27. The highest BCUT2D eigenvalue weighted by molar-refractivity contribution is 6.32.